The molecular weight excluding hydrogens is 278 g/mol. The third-order valence-corrected chi connectivity index (χ3v) is 5.76. The lowest BCUT2D eigenvalue weighted by molar-refractivity contribution is 0.247. The van der Waals surface area contributed by atoms with Crippen LogP contribution in [0.5, 0.6) is 0 Å². The molecule has 0 N–H and O–H groups in total. The SMILES string of the molecule is CCC(Cc1ccncc1)(CC1CCCCC1)c1ccccc1. The van der Waals surface area contributed by atoms with Gasteiger partial charge in [-0.2, -0.15) is 0 Å². The normalized spacial score (nSPS) is 18.5. The third kappa shape index (κ3) is 4.02. The van der Waals surface area contributed by atoms with Gasteiger partial charge in [-0.05, 0) is 53.9 Å². The standard InChI is InChI=1S/C22H29N/c1-2-22(21-11-7-4-8-12-21,17-19-9-5-3-6-10-19)18-20-13-15-23-16-14-20/h4,7-8,11-16,19H,2-3,5-6,9-10,17-18H2,1H3. The number of rotatable bonds is 6. The molecule has 1 nitrogen and oxygen atoms in total. The second kappa shape index (κ2) is 7.77. The van der Waals surface area contributed by atoms with Gasteiger partial charge >= 0.3 is 0 Å². The molecule has 1 atom stereocenters. The van der Waals surface area contributed by atoms with Gasteiger partial charge in [-0.25, -0.2) is 0 Å². The Hall–Kier alpha value is -1.63. The fraction of sp³-hybridized carbons (Fsp3) is 0.500. The monoisotopic (exact) mass is 307 g/mol. The van der Waals surface area contributed by atoms with Gasteiger partial charge in [-0.1, -0.05) is 69.4 Å². The Labute approximate surface area is 141 Å². The molecule has 1 unspecified atom stereocenters. The summed E-state index contributed by atoms with van der Waals surface area (Å²) in [6.45, 7) is 2.37. The average molecular weight is 307 g/mol. The first-order valence-electron chi connectivity index (χ1n) is 9.27. The van der Waals surface area contributed by atoms with Crippen LogP contribution >= 0.6 is 0 Å². The van der Waals surface area contributed by atoms with Gasteiger partial charge in [-0.3, -0.25) is 4.98 Å². The minimum Gasteiger partial charge on any atom is -0.265 e. The van der Waals surface area contributed by atoms with Gasteiger partial charge in [0.25, 0.3) is 0 Å². The molecule has 0 aliphatic heterocycles. The number of nitrogens with zero attached hydrogens (tertiary/aromatic N) is 1. The highest BCUT2D eigenvalue weighted by molar-refractivity contribution is 5.29. The molecule has 0 radical (unpaired) electrons. The minimum atomic E-state index is 0.268. The summed E-state index contributed by atoms with van der Waals surface area (Å²) in [6, 6.07) is 15.6. The van der Waals surface area contributed by atoms with E-state index in [0.717, 1.165) is 12.3 Å². The van der Waals surface area contributed by atoms with Gasteiger partial charge in [0.1, 0.15) is 0 Å². The second-order valence-corrected chi connectivity index (χ2v) is 7.24. The largest absolute Gasteiger partial charge is 0.265 e. The van der Waals surface area contributed by atoms with Crippen molar-refractivity contribution in [3.8, 4) is 0 Å². The molecule has 3 rings (SSSR count). The Morgan fingerprint density at radius 3 is 2.30 bits per heavy atom. The molecule has 1 aromatic heterocycles. The first-order chi connectivity index (χ1) is 11.3. The predicted molar refractivity (Wildman–Crippen MR) is 97.5 cm³/mol. The van der Waals surface area contributed by atoms with E-state index in [9.17, 15) is 0 Å². The number of pyridine rings is 1. The molecule has 0 bridgehead atoms. The van der Waals surface area contributed by atoms with Crippen molar-refractivity contribution >= 4 is 0 Å². The van der Waals surface area contributed by atoms with Crippen LogP contribution in [0.4, 0.5) is 0 Å². The van der Waals surface area contributed by atoms with Gasteiger partial charge in [0.05, 0.1) is 0 Å². The van der Waals surface area contributed by atoms with Crippen molar-refractivity contribution in [3.63, 3.8) is 0 Å². The molecular formula is C22H29N. The van der Waals surface area contributed by atoms with Crippen molar-refractivity contribution in [2.45, 2.75) is 63.7 Å². The summed E-state index contributed by atoms with van der Waals surface area (Å²) in [7, 11) is 0. The fourth-order valence-electron chi connectivity index (χ4n) is 4.39. The Bertz CT molecular complexity index is 571. The number of hydrogen-bond acceptors (Lipinski definition) is 1. The van der Waals surface area contributed by atoms with E-state index in [1.807, 2.05) is 12.4 Å². The van der Waals surface area contributed by atoms with E-state index in [2.05, 4.69) is 54.4 Å². The van der Waals surface area contributed by atoms with Crippen LogP contribution in [0.25, 0.3) is 0 Å². The van der Waals surface area contributed by atoms with Gasteiger partial charge in [0.2, 0.25) is 0 Å². The highest BCUT2D eigenvalue weighted by Crippen LogP contribution is 2.41. The van der Waals surface area contributed by atoms with Crippen LogP contribution in [0.3, 0.4) is 0 Å². The first kappa shape index (κ1) is 16.2. The Kier molecular flexibility index (Phi) is 5.48. The van der Waals surface area contributed by atoms with Crippen LogP contribution in [0.1, 0.15) is 63.0 Å². The zero-order valence-corrected chi connectivity index (χ0v) is 14.4. The van der Waals surface area contributed by atoms with E-state index in [-0.39, 0.29) is 5.41 Å². The van der Waals surface area contributed by atoms with E-state index in [0.29, 0.717) is 0 Å². The van der Waals surface area contributed by atoms with Crippen molar-refractivity contribution in [3.05, 3.63) is 66.0 Å². The lowest BCUT2D eigenvalue weighted by Crippen LogP contribution is -2.32. The zero-order valence-electron chi connectivity index (χ0n) is 14.4. The molecule has 122 valence electrons. The molecule has 1 aliphatic carbocycles. The van der Waals surface area contributed by atoms with Gasteiger partial charge in [0.15, 0.2) is 0 Å². The molecule has 0 amide bonds. The van der Waals surface area contributed by atoms with Gasteiger partial charge < -0.3 is 0 Å². The molecule has 1 aromatic carbocycles. The molecule has 0 saturated heterocycles. The Balaban J connectivity index is 1.90. The van der Waals surface area contributed by atoms with Crippen LogP contribution in [-0.2, 0) is 11.8 Å². The van der Waals surface area contributed by atoms with Crippen LogP contribution in [-0.4, -0.2) is 4.98 Å². The summed E-state index contributed by atoms with van der Waals surface area (Å²) in [6.07, 6.45) is 14.7. The maximum atomic E-state index is 4.19. The minimum absolute atomic E-state index is 0.268. The van der Waals surface area contributed by atoms with Crippen molar-refractivity contribution < 1.29 is 0 Å². The van der Waals surface area contributed by atoms with Gasteiger partial charge in [0, 0.05) is 12.4 Å². The smallest absolute Gasteiger partial charge is 0.0270 e. The van der Waals surface area contributed by atoms with Gasteiger partial charge in [-0.15, -0.1) is 0 Å². The first-order valence-corrected chi connectivity index (χ1v) is 9.27. The topological polar surface area (TPSA) is 12.9 Å². The van der Waals surface area contributed by atoms with Crippen LogP contribution in [0.2, 0.25) is 0 Å². The molecule has 0 spiro atoms. The fourth-order valence-corrected chi connectivity index (χ4v) is 4.39. The van der Waals surface area contributed by atoms with E-state index in [1.165, 1.54) is 56.1 Å². The van der Waals surface area contributed by atoms with Crippen molar-refractivity contribution in [2.75, 3.05) is 0 Å². The summed E-state index contributed by atoms with van der Waals surface area (Å²) < 4.78 is 0. The average Bonchev–Trinajstić information content (AvgIpc) is 2.63. The molecule has 2 aromatic rings. The van der Waals surface area contributed by atoms with Crippen LogP contribution < -0.4 is 0 Å². The van der Waals surface area contributed by atoms with Crippen molar-refractivity contribution in [2.24, 2.45) is 5.92 Å². The summed E-state index contributed by atoms with van der Waals surface area (Å²) in [5.74, 6) is 0.894. The van der Waals surface area contributed by atoms with E-state index >= 15 is 0 Å². The maximum absolute atomic E-state index is 4.19. The summed E-state index contributed by atoms with van der Waals surface area (Å²) in [4.78, 5) is 4.19. The summed E-state index contributed by atoms with van der Waals surface area (Å²) in [5.41, 5.74) is 3.20. The Morgan fingerprint density at radius 1 is 0.957 bits per heavy atom. The van der Waals surface area contributed by atoms with Crippen molar-refractivity contribution in [1.29, 1.82) is 0 Å². The molecule has 1 aliphatic rings. The lowest BCUT2D eigenvalue weighted by atomic mass is 9.66. The quantitative estimate of drug-likeness (QED) is 0.643. The summed E-state index contributed by atoms with van der Waals surface area (Å²) >= 11 is 0. The van der Waals surface area contributed by atoms with E-state index in [4.69, 9.17) is 0 Å². The number of aromatic nitrogens is 1. The zero-order chi connectivity index (χ0) is 16.0. The second-order valence-electron chi connectivity index (χ2n) is 7.24. The van der Waals surface area contributed by atoms with E-state index < -0.39 is 0 Å². The number of benzene rings is 1. The van der Waals surface area contributed by atoms with E-state index in [1.54, 1.807) is 0 Å². The summed E-state index contributed by atoms with van der Waals surface area (Å²) in [5, 5.41) is 0. The molecule has 1 fully saturated rings. The highest BCUT2D eigenvalue weighted by Gasteiger charge is 2.33. The molecule has 23 heavy (non-hydrogen) atoms. The van der Waals surface area contributed by atoms with Crippen molar-refractivity contribution in [1.82, 2.24) is 4.98 Å². The molecule has 1 saturated carbocycles. The number of hydrogen-bond donors (Lipinski definition) is 0. The predicted octanol–water partition coefficient (Wildman–Crippen LogP) is 5.94. The van der Waals surface area contributed by atoms with Crippen LogP contribution in [0.15, 0.2) is 54.9 Å². The van der Waals surface area contributed by atoms with Crippen LogP contribution in [0, 0.1) is 5.92 Å². The molecule has 1 heteroatoms. The third-order valence-electron chi connectivity index (χ3n) is 5.76. The highest BCUT2D eigenvalue weighted by atomic mass is 14.6. The Morgan fingerprint density at radius 2 is 1.65 bits per heavy atom. The lowest BCUT2D eigenvalue weighted by Gasteiger charge is -2.38. The maximum Gasteiger partial charge on any atom is 0.0270 e. The molecule has 1 heterocycles.